The summed E-state index contributed by atoms with van der Waals surface area (Å²) in [5.41, 5.74) is -0.451. The Morgan fingerprint density at radius 3 is 2.53 bits per heavy atom. The van der Waals surface area contributed by atoms with Crippen LogP contribution in [-0.4, -0.2) is 70.0 Å². The number of carboxylic acid groups (broad SMARTS) is 1. The predicted octanol–water partition coefficient (Wildman–Crippen LogP) is -0.0800. The SMILES string of the molecule is Cc1cn(CC(=O)N(CCN(c2nnc(-c3ccccc3)s2)S(=O)O)CC(=O)O)c(=O)[nH]c1=O. The molecular weight excluding hydrogens is 488 g/mol. The molecule has 0 bridgehead atoms. The highest BCUT2D eigenvalue weighted by molar-refractivity contribution is 7.81. The number of nitrogens with zero attached hydrogens (tertiary/aromatic N) is 5. The Balaban J connectivity index is 1.76. The first kappa shape index (κ1) is 24.9. The van der Waals surface area contributed by atoms with Crippen LogP contribution in [-0.2, 0) is 27.4 Å². The molecular formula is C19H20N6O7S2. The maximum Gasteiger partial charge on any atom is 0.328 e. The fraction of sp³-hybridized carbons (Fsp3) is 0.263. The number of H-pyrrole nitrogens is 1. The smallest absolute Gasteiger partial charge is 0.328 e. The molecule has 3 rings (SSSR count). The van der Waals surface area contributed by atoms with Gasteiger partial charge in [-0.3, -0.25) is 28.5 Å². The molecule has 3 N–H and O–H groups in total. The minimum Gasteiger partial charge on any atom is -0.480 e. The summed E-state index contributed by atoms with van der Waals surface area (Å²) in [4.78, 5) is 50.5. The molecule has 1 unspecified atom stereocenters. The monoisotopic (exact) mass is 508 g/mol. The second kappa shape index (κ2) is 11.0. The van der Waals surface area contributed by atoms with E-state index >= 15 is 0 Å². The van der Waals surface area contributed by atoms with Crippen molar-refractivity contribution in [1.82, 2.24) is 24.6 Å². The zero-order chi connectivity index (χ0) is 24.8. The van der Waals surface area contributed by atoms with Gasteiger partial charge in [0.1, 0.15) is 18.1 Å². The van der Waals surface area contributed by atoms with E-state index in [4.69, 9.17) is 0 Å². The average Bonchev–Trinajstić information content (AvgIpc) is 3.26. The van der Waals surface area contributed by atoms with Gasteiger partial charge in [-0.15, -0.1) is 10.2 Å². The number of aliphatic carboxylic acids is 1. The topological polar surface area (TPSA) is 179 Å². The first-order chi connectivity index (χ1) is 16.2. The van der Waals surface area contributed by atoms with Crippen molar-refractivity contribution in [2.24, 2.45) is 0 Å². The summed E-state index contributed by atoms with van der Waals surface area (Å²) in [5.74, 6) is -2.04. The summed E-state index contributed by atoms with van der Waals surface area (Å²) in [5, 5.41) is 17.8. The van der Waals surface area contributed by atoms with Crippen molar-refractivity contribution in [3.8, 4) is 10.6 Å². The molecule has 0 aliphatic rings. The van der Waals surface area contributed by atoms with E-state index in [1.807, 2.05) is 18.2 Å². The number of aromatic amines is 1. The number of aromatic nitrogens is 4. The van der Waals surface area contributed by atoms with Crippen molar-refractivity contribution in [3.63, 3.8) is 0 Å². The number of hydrogen-bond acceptors (Lipinski definition) is 8. The van der Waals surface area contributed by atoms with Crippen LogP contribution in [0.2, 0.25) is 0 Å². The summed E-state index contributed by atoms with van der Waals surface area (Å²) in [6, 6.07) is 9.06. The maximum atomic E-state index is 12.7. The van der Waals surface area contributed by atoms with Crippen molar-refractivity contribution >= 4 is 39.6 Å². The Morgan fingerprint density at radius 2 is 1.88 bits per heavy atom. The number of anilines is 1. The number of rotatable bonds is 10. The van der Waals surface area contributed by atoms with Crippen LogP contribution < -0.4 is 15.6 Å². The Hall–Kier alpha value is -3.69. The predicted molar refractivity (Wildman–Crippen MR) is 124 cm³/mol. The lowest BCUT2D eigenvalue weighted by Gasteiger charge is -2.24. The van der Waals surface area contributed by atoms with Gasteiger partial charge in [0, 0.05) is 23.9 Å². The van der Waals surface area contributed by atoms with Crippen LogP contribution in [0, 0.1) is 6.92 Å². The van der Waals surface area contributed by atoms with E-state index in [0.717, 1.165) is 30.7 Å². The van der Waals surface area contributed by atoms with Gasteiger partial charge in [-0.25, -0.2) is 13.3 Å². The third-order valence-electron chi connectivity index (χ3n) is 4.58. The van der Waals surface area contributed by atoms with Gasteiger partial charge in [-0.1, -0.05) is 41.7 Å². The molecule has 2 heterocycles. The normalized spacial score (nSPS) is 11.7. The number of hydrogen-bond donors (Lipinski definition) is 3. The molecule has 15 heteroatoms. The fourth-order valence-electron chi connectivity index (χ4n) is 2.90. The largest absolute Gasteiger partial charge is 0.480 e. The van der Waals surface area contributed by atoms with E-state index in [-0.39, 0.29) is 23.8 Å². The highest BCUT2D eigenvalue weighted by atomic mass is 32.2. The number of amides is 1. The molecule has 0 radical (unpaired) electrons. The van der Waals surface area contributed by atoms with Crippen LogP contribution >= 0.6 is 11.3 Å². The molecule has 13 nitrogen and oxygen atoms in total. The molecule has 0 aliphatic carbocycles. The number of aryl methyl sites for hydroxylation is 1. The van der Waals surface area contributed by atoms with E-state index in [2.05, 4.69) is 15.2 Å². The second-order valence-corrected chi connectivity index (χ2v) is 8.86. The summed E-state index contributed by atoms with van der Waals surface area (Å²) < 4.78 is 23.6. The molecule has 3 aromatic rings. The molecule has 0 aliphatic heterocycles. The van der Waals surface area contributed by atoms with Gasteiger partial charge in [0.05, 0.1) is 6.54 Å². The molecule has 0 saturated carbocycles. The van der Waals surface area contributed by atoms with Gasteiger partial charge >= 0.3 is 11.7 Å². The van der Waals surface area contributed by atoms with Gasteiger partial charge in [0.15, 0.2) is 0 Å². The molecule has 0 saturated heterocycles. The summed E-state index contributed by atoms with van der Waals surface area (Å²) >= 11 is -1.47. The van der Waals surface area contributed by atoms with Crippen molar-refractivity contribution in [2.75, 3.05) is 23.9 Å². The van der Waals surface area contributed by atoms with Crippen molar-refractivity contribution in [1.29, 1.82) is 0 Å². The average molecular weight is 509 g/mol. The maximum absolute atomic E-state index is 12.7. The number of carboxylic acids is 1. The Bertz CT molecular complexity index is 1320. The van der Waals surface area contributed by atoms with E-state index in [0.29, 0.717) is 5.01 Å². The van der Waals surface area contributed by atoms with Crippen LogP contribution in [0.3, 0.4) is 0 Å². The standard InChI is InChI=1S/C19H20N6O7S2/c1-12-9-24(18(30)20-16(12)29)10-14(26)23(11-15(27)28)7-8-25(34(31)32)19-22-21-17(33-19)13-5-3-2-4-6-13/h2-6,9H,7-8,10-11H2,1H3,(H,27,28)(H,31,32)(H,20,29,30). The second-order valence-electron chi connectivity index (χ2n) is 7.00. The Kier molecular flexibility index (Phi) is 8.04. The number of carbonyl (C=O) groups excluding carboxylic acids is 1. The van der Waals surface area contributed by atoms with Crippen molar-refractivity contribution < 1.29 is 23.5 Å². The highest BCUT2D eigenvalue weighted by Crippen LogP contribution is 2.28. The minimum atomic E-state index is -2.53. The fourth-order valence-corrected chi connectivity index (χ4v) is 4.40. The first-order valence-electron chi connectivity index (χ1n) is 9.73. The summed E-state index contributed by atoms with van der Waals surface area (Å²) in [6.07, 6.45) is 1.19. The van der Waals surface area contributed by atoms with Crippen LogP contribution in [0.25, 0.3) is 10.6 Å². The molecule has 1 atom stereocenters. The number of benzene rings is 1. The van der Waals surface area contributed by atoms with Crippen molar-refractivity contribution in [2.45, 2.75) is 13.5 Å². The minimum absolute atomic E-state index is 0.106. The molecule has 2 aromatic heterocycles. The zero-order valence-electron chi connectivity index (χ0n) is 17.8. The Labute approximate surface area is 198 Å². The lowest BCUT2D eigenvalue weighted by molar-refractivity contribution is -0.144. The highest BCUT2D eigenvalue weighted by Gasteiger charge is 2.23. The van der Waals surface area contributed by atoms with Gasteiger partial charge in [-0.05, 0) is 6.92 Å². The molecule has 0 fully saturated rings. The van der Waals surface area contributed by atoms with Gasteiger partial charge in [0.25, 0.3) is 16.8 Å². The number of carbonyl (C=O) groups is 2. The van der Waals surface area contributed by atoms with E-state index in [9.17, 15) is 33.0 Å². The lowest BCUT2D eigenvalue weighted by Crippen LogP contribution is -2.44. The van der Waals surface area contributed by atoms with Gasteiger partial charge < -0.3 is 10.0 Å². The van der Waals surface area contributed by atoms with Crippen LogP contribution in [0.4, 0.5) is 5.13 Å². The van der Waals surface area contributed by atoms with Crippen molar-refractivity contribution in [3.05, 3.63) is 62.9 Å². The molecule has 1 amide bonds. The third-order valence-corrected chi connectivity index (χ3v) is 6.43. The molecule has 180 valence electrons. The quantitative estimate of drug-likeness (QED) is 0.316. The van der Waals surface area contributed by atoms with Gasteiger partial charge in [-0.2, -0.15) is 0 Å². The van der Waals surface area contributed by atoms with E-state index < -0.39 is 47.5 Å². The van der Waals surface area contributed by atoms with E-state index in [1.165, 1.54) is 13.1 Å². The summed E-state index contributed by atoms with van der Waals surface area (Å²) in [7, 11) is 0. The van der Waals surface area contributed by atoms with Crippen LogP contribution in [0.15, 0.2) is 46.1 Å². The number of nitrogens with one attached hydrogen (secondary N) is 1. The summed E-state index contributed by atoms with van der Waals surface area (Å²) in [6.45, 7) is -0.259. The molecule has 1 aromatic carbocycles. The van der Waals surface area contributed by atoms with E-state index in [1.54, 1.807) is 12.1 Å². The first-order valence-corrected chi connectivity index (χ1v) is 11.6. The van der Waals surface area contributed by atoms with Crippen LogP contribution in [0.1, 0.15) is 5.56 Å². The Morgan fingerprint density at radius 1 is 1.18 bits per heavy atom. The van der Waals surface area contributed by atoms with Gasteiger partial charge in [0.2, 0.25) is 11.0 Å². The zero-order valence-corrected chi connectivity index (χ0v) is 19.4. The molecule has 0 spiro atoms. The third kappa shape index (κ3) is 6.21. The van der Waals surface area contributed by atoms with Crippen LogP contribution in [0.5, 0.6) is 0 Å². The lowest BCUT2D eigenvalue weighted by atomic mass is 10.2. The molecule has 34 heavy (non-hydrogen) atoms.